The smallest absolute Gasteiger partial charge is 0.349 e. The number of carbonyl (C=O) groups is 1. The van der Waals surface area contributed by atoms with E-state index in [1.54, 1.807) is 6.92 Å². The van der Waals surface area contributed by atoms with Gasteiger partial charge in [0.2, 0.25) is 0 Å². The van der Waals surface area contributed by atoms with Gasteiger partial charge in [0.1, 0.15) is 11.8 Å². The van der Waals surface area contributed by atoms with E-state index in [1.807, 2.05) is 60.7 Å². The van der Waals surface area contributed by atoms with Crippen molar-refractivity contribution in [3.05, 3.63) is 71.8 Å². The Kier molecular flexibility index (Phi) is 4.66. The quantitative estimate of drug-likeness (QED) is 0.839. The van der Waals surface area contributed by atoms with Crippen molar-refractivity contribution in [2.24, 2.45) is 4.99 Å². The van der Waals surface area contributed by atoms with E-state index in [4.69, 9.17) is 0 Å². The standard InChI is InChI=1S/C17H17NO2/c1-2-15(17(19)20)18-16(13-9-5-3-6-10-13)14-11-7-4-8-12-14/h3-12,16H,2H2,1H3,(H,19,20)/b18-15-. The van der Waals surface area contributed by atoms with Crippen LogP contribution in [0.25, 0.3) is 0 Å². The van der Waals surface area contributed by atoms with Gasteiger partial charge in [-0.05, 0) is 17.5 Å². The summed E-state index contributed by atoms with van der Waals surface area (Å²) < 4.78 is 0. The van der Waals surface area contributed by atoms with Gasteiger partial charge in [-0.25, -0.2) is 4.79 Å². The monoisotopic (exact) mass is 267 g/mol. The zero-order valence-electron chi connectivity index (χ0n) is 11.4. The van der Waals surface area contributed by atoms with Gasteiger partial charge in [-0.15, -0.1) is 0 Å². The van der Waals surface area contributed by atoms with Crippen LogP contribution in [-0.4, -0.2) is 16.8 Å². The molecule has 2 rings (SSSR count). The Bertz CT molecular complexity index is 551. The van der Waals surface area contributed by atoms with Crippen LogP contribution in [0.4, 0.5) is 0 Å². The summed E-state index contributed by atoms with van der Waals surface area (Å²) in [4.78, 5) is 15.6. The maximum atomic E-state index is 11.2. The third-order valence-corrected chi connectivity index (χ3v) is 3.10. The third kappa shape index (κ3) is 3.32. The minimum absolute atomic E-state index is 0.197. The molecule has 3 heteroatoms. The molecule has 0 aliphatic carbocycles. The highest BCUT2D eigenvalue weighted by molar-refractivity contribution is 6.35. The van der Waals surface area contributed by atoms with E-state index in [2.05, 4.69) is 4.99 Å². The van der Waals surface area contributed by atoms with Gasteiger partial charge in [-0.1, -0.05) is 67.6 Å². The molecule has 0 bridgehead atoms. The maximum Gasteiger partial charge on any atom is 0.349 e. The Balaban J connectivity index is 2.48. The first-order valence-corrected chi connectivity index (χ1v) is 6.62. The number of aliphatic imine (C=N–C) groups is 1. The number of carboxylic acid groups (broad SMARTS) is 1. The zero-order chi connectivity index (χ0) is 14.4. The molecule has 0 atom stereocenters. The normalized spacial score (nSPS) is 11.6. The minimum Gasteiger partial charge on any atom is -0.477 e. The minimum atomic E-state index is -0.954. The molecule has 1 N–H and O–H groups in total. The molecular weight excluding hydrogens is 250 g/mol. The SMILES string of the molecule is CC/C(=N/C(c1ccccc1)c1ccccc1)C(=O)O. The summed E-state index contributed by atoms with van der Waals surface area (Å²) in [7, 11) is 0. The second-order valence-corrected chi connectivity index (χ2v) is 4.46. The van der Waals surface area contributed by atoms with E-state index in [0.717, 1.165) is 11.1 Å². The number of nitrogens with zero attached hydrogens (tertiary/aromatic N) is 1. The molecule has 0 saturated carbocycles. The van der Waals surface area contributed by atoms with Crippen LogP contribution in [0.2, 0.25) is 0 Å². The average Bonchev–Trinajstić information content (AvgIpc) is 2.50. The zero-order valence-corrected chi connectivity index (χ0v) is 11.4. The number of hydrogen-bond acceptors (Lipinski definition) is 2. The molecule has 102 valence electrons. The van der Waals surface area contributed by atoms with Crippen LogP contribution in [-0.2, 0) is 4.79 Å². The lowest BCUT2D eigenvalue weighted by atomic mass is 9.99. The van der Waals surface area contributed by atoms with Crippen LogP contribution < -0.4 is 0 Å². The third-order valence-electron chi connectivity index (χ3n) is 3.10. The highest BCUT2D eigenvalue weighted by atomic mass is 16.4. The molecule has 3 nitrogen and oxygen atoms in total. The highest BCUT2D eigenvalue weighted by Gasteiger charge is 2.15. The molecule has 0 saturated heterocycles. The van der Waals surface area contributed by atoms with Gasteiger partial charge >= 0.3 is 5.97 Å². The van der Waals surface area contributed by atoms with Crippen LogP contribution in [0.5, 0.6) is 0 Å². The van der Waals surface area contributed by atoms with Gasteiger partial charge < -0.3 is 5.11 Å². The van der Waals surface area contributed by atoms with Gasteiger partial charge in [0, 0.05) is 0 Å². The fourth-order valence-electron chi connectivity index (χ4n) is 2.07. The Morgan fingerprint density at radius 1 is 1.00 bits per heavy atom. The number of aliphatic carboxylic acids is 1. The molecule has 2 aromatic carbocycles. The van der Waals surface area contributed by atoms with Gasteiger partial charge in [0.25, 0.3) is 0 Å². The summed E-state index contributed by atoms with van der Waals surface area (Å²) in [5.41, 5.74) is 2.18. The van der Waals surface area contributed by atoms with E-state index in [0.29, 0.717) is 6.42 Å². The lowest BCUT2D eigenvalue weighted by molar-refractivity contribution is -0.129. The summed E-state index contributed by atoms with van der Waals surface area (Å²) in [6.45, 7) is 1.81. The summed E-state index contributed by atoms with van der Waals surface area (Å²) in [6, 6.07) is 19.2. The van der Waals surface area contributed by atoms with Crippen LogP contribution in [0.15, 0.2) is 65.7 Å². The number of carboxylic acids is 1. The van der Waals surface area contributed by atoms with E-state index in [1.165, 1.54) is 0 Å². The fraction of sp³-hybridized carbons (Fsp3) is 0.176. The topological polar surface area (TPSA) is 49.7 Å². The number of hydrogen-bond donors (Lipinski definition) is 1. The summed E-state index contributed by atoms with van der Waals surface area (Å²) >= 11 is 0. The molecule has 0 aliphatic heterocycles. The maximum absolute atomic E-state index is 11.2. The summed E-state index contributed by atoms with van der Waals surface area (Å²) in [6.07, 6.45) is 0.408. The molecule has 0 spiro atoms. The lowest BCUT2D eigenvalue weighted by Crippen LogP contribution is -2.14. The first-order chi connectivity index (χ1) is 9.72. The fourth-order valence-corrected chi connectivity index (χ4v) is 2.07. The second kappa shape index (κ2) is 6.66. The van der Waals surface area contributed by atoms with Crippen molar-refractivity contribution < 1.29 is 9.90 Å². The lowest BCUT2D eigenvalue weighted by Gasteiger charge is -2.14. The molecule has 0 radical (unpaired) electrons. The van der Waals surface area contributed by atoms with Crippen molar-refractivity contribution in [1.82, 2.24) is 0 Å². The summed E-state index contributed by atoms with van der Waals surface area (Å²) in [5, 5.41) is 9.19. The molecular formula is C17H17NO2. The molecule has 2 aromatic rings. The van der Waals surface area contributed by atoms with Crippen molar-refractivity contribution >= 4 is 11.7 Å². The van der Waals surface area contributed by atoms with Crippen molar-refractivity contribution in [3.63, 3.8) is 0 Å². The van der Waals surface area contributed by atoms with E-state index >= 15 is 0 Å². The van der Waals surface area contributed by atoms with E-state index < -0.39 is 5.97 Å². The van der Waals surface area contributed by atoms with Crippen LogP contribution >= 0.6 is 0 Å². The second-order valence-electron chi connectivity index (χ2n) is 4.46. The van der Waals surface area contributed by atoms with Crippen molar-refractivity contribution in [1.29, 1.82) is 0 Å². The van der Waals surface area contributed by atoms with Crippen LogP contribution in [0.1, 0.15) is 30.5 Å². The molecule has 20 heavy (non-hydrogen) atoms. The molecule has 0 fully saturated rings. The van der Waals surface area contributed by atoms with Gasteiger partial charge in [0.05, 0.1) is 0 Å². The Morgan fingerprint density at radius 2 is 1.45 bits per heavy atom. The first-order valence-electron chi connectivity index (χ1n) is 6.62. The van der Waals surface area contributed by atoms with Crippen LogP contribution in [0.3, 0.4) is 0 Å². The predicted octanol–water partition coefficient (Wildman–Crippen LogP) is 3.71. The molecule has 0 unspecified atom stereocenters. The molecule has 0 aliphatic rings. The number of benzene rings is 2. The highest BCUT2D eigenvalue weighted by Crippen LogP contribution is 2.26. The molecule has 0 heterocycles. The first kappa shape index (κ1) is 14.0. The summed E-state index contributed by atoms with van der Waals surface area (Å²) in [5.74, 6) is -0.954. The van der Waals surface area contributed by atoms with Crippen LogP contribution in [0, 0.1) is 0 Å². The van der Waals surface area contributed by atoms with Gasteiger partial charge in [0.15, 0.2) is 0 Å². The Morgan fingerprint density at radius 3 is 1.80 bits per heavy atom. The predicted molar refractivity (Wildman–Crippen MR) is 80.1 cm³/mol. The van der Waals surface area contributed by atoms with Gasteiger partial charge in [-0.3, -0.25) is 4.99 Å². The van der Waals surface area contributed by atoms with E-state index in [-0.39, 0.29) is 11.8 Å². The number of rotatable bonds is 5. The van der Waals surface area contributed by atoms with Crippen molar-refractivity contribution in [2.45, 2.75) is 19.4 Å². The van der Waals surface area contributed by atoms with Crippen molar-refractivity contribution in [2.75, 3.05) is 0 Å². The Hall–Kier alpha value is -2.42. The van der Waals surface area contributed by atoms with Gasteiger partial charge in [-0.2, -0.15) is 0 Å². The van der Waals surface area contributed by atoms with Crippen molar-refractivity contribution in [3.8, 4) is 0 Å². The average molecular weight is 267 g/mol. The van der Waals surface area contributed by atoms with E-state index in [9.17, 15) is 9.90 Å². The molecule has 0 aromatic heterocycles. The largest absolute Gasteiger partial charge is 0.477 e. The molecule has 0 amide bonds. The Labute approximate surface area is 118 Å².